The molecule has 1 unspecified atom stereocenters. The molecule has 1 heterocycles. The van der Waals surface area contributed by atoms with E-state index >= 15 is 0 Å². The molecule has 1 aromatic carbocycles. The van der Waals surface area contributed by atoms with Crippen LogP contribution in [0.1, 0.15) is 12.5 Å². The Labute approximate surface area is 122 Å². The van der Waals surface area contributed by atoms with Crippen LogP contribution in [0.3, 0.4) is 0 Å². The van der Waals surface area contributed by atoms with Crippen molar-refractivity contribution in [2.75, 3.05) is 46.4 Å². The lowest BCUT2D eigenvalue weighted by molar-refractivity contribution is 0.123. The van der Waals surface area contributed by atoms with Crippen LogP contribution in [0.15, 0.2) is 24.3 Å². The summed E-state index contributed by atoms with van der Waals surface area (Å²) in [5.41, 5.74) is 6.76. The van der Waals surface area contributed by atoms with E-state index in [0.29, 0.717) is 12.5 Å². The van der Waals surface area contributed by atoms with Crippen LogP contribution in [0.4, 0.5) is 0 Å². The molecule has 1 aliphatic heterocycles. The molecule has 0 bridgehead atoms. The predicted octanol–water partition coefficient (Wildman–Crippen LogP) is 1.41. The van der Waals surface area contributed by atoms with Gasteiger partial charge in [0.05, 0.1) is 6.61 Å². The fourth-order valence-electron chi connectivity index (χ4n) is 2.52. The van der Waals surface area contributed by atoms with Crippen LogP contribution in [0, 0.1) is 5.92 Å². The number of likely N-dealkylation sites (N-methyl/N-ethyl adjacent to an activating group) is 1. The first-order valence-corrected chi connectivity index (χ1v) is 7.50. The van der Waals surface area contributed by atoms with Crippen molar-refractivity contribution in [3.8, 4) is 5.75 Å². The molecular weight excluding hydrogens is 250 g/mol. The zero-order chi connectivity index (χ0) is 14.4. The van der Waals surface area contributed by atoms with E-state index in [9.17, 15) is 0 Å². The van der Waals surface area contributed by atoms with Gasteiger partial charge in [0, 0.05) is 45.2 Å². The molecule has 1 saturated heterocycles. The second-order valence-corrected chi connectivity index (χ2v) is 5.87. The van der Waals surface area contributed by atoms with E-state index in [2.05, 4.69) is 23.8 Å². The topological polar surface area (TPSA) is 41.7 Å². The van der Waals surface area contributed by atoms with Crippen molar-refractivity contribution in [1.29, 1.82) is 0 Å². The van der Waals surface area contributed by atoms with E-state index in [1.54, 1.807) is 0 Å². The standard InChI is InChI=1S/C16H27N3O/c1-14(12-19-8-6-18(2)7-9-19)13-20-16-5-3-4-15(10-16)11-17/h3-5,10,14H,6-9,11-13,17H2,1-2H3. The van der Waals surface area contributed by atoms with Gasteiger partial charge in [-0.3, -0.25) is 0 Å². The zero-order valence-electron chi connectivity index (χ0n) is 12.7. The molecule has 112 valence electrons. The quantitative estimate of drug-likeness (QED) is 0.853. The number of piperazine rings is 1. The Bertz CT molecular complexity index is 402. The lowest BCUT2D eigenvalue weighted by Gasteiger charge is -2.33. The fraction of sp³-hybridized carbons (Fsp3) is 0.625. The summed E-state index contributed by atoms with van der Waals surface area (Å²) >= 11 is 0. The first kappa shape index (κ1) is 15.3. The molecule has 4 nitrogen and oxygen atoms in total. The maximum absolute atomic E-state index is 5.88. The van der Waals surface area contributed by atoms with Crippen LogP contribution in [0.25, 0.3) is 0 Å². The van der Waals surface area contributed by atoms with Crippen molar-refractivity contribution in [1.82, 2.24) is 9.80 Å². The fourth-order valence-corrected chi connectivity index (χ4v) is 2.52. The van der Waals surface area contributed by atoms with Gasteiger partial charge in [0.2, 0.25) is 0 Å². The minimum absolute atomic E-state index is 0.542. The van der Waals surface area contributed by atoms with E-state index in [-0.39, 0.29) is 0 Å². The minimum Gasteiger partial charge on any atom is -0.493 e. The van der Waals surface area contributed by atoms with Gasteiger partial charge >= 0.3 is 0 Å². The monoisotopic (exact) mass is 277 g/mol. The smallest absolute Gasteiger partial charge is 0.119 e. The highest BCUT2D eigenvalue weighted by atomic mass is 16.5. The molecule has 1 aromatic rings. The van der Waals surface area contributed by atoms with Gasteiger partial charge in [0.25, 0.3) is 0 Å². The molecule has 0 radical (unpaired) electrons. The number of rotatable bonds is 6. The van der Waals surface area contributed by atoms with Crippen LogP contribution >= 0.6 is 0 Å². The summed E-state index contributed by atoms with van der Waals surface area (Å²) in [6.07, 6.45) is 0. The van der Waals surface area contributed by atoms with Crippen molar-refractivity contribution in [2.24, 2.45) is 11.7 Å². The zero-order valence-corrected chi connectivity index (χ0v) is 12.7. The van der Waals surface area contributed by atoms with Gasteiger partial charge in [0.1, 0.15) is 5.75 Å². The van der Waals surface area contributed by atoms with Gasteiger partial charge in [-0.05, 0) is 24.7 Å². The molecule has 20 heavy (non-hydrogen) atoms. The molecule has 1 fully saturated rings. The van der Waals surface area contributed by atoms with Crippen molar-refractivity contribution < 1.29 is 4.74 Å². The Morgan fingerprint density at radius 3 is 2.70 bits per heavy atom. The van der Waals surface area contributed by atoms with Crippen LogP contribution < -0.4 is 10.5 Å². The molecule has 1 atom stereocenters. The SMILES string of the molecule is CC(COc1cccc(CN)c1)CN1CCN(C)CC1. The first-order chi connectivity index (χ1) is 9.67. The summed E-state index contributed by atoms with van der Waals surface area (Å²) < 4.78 is 5.88. The van der Waals surface area contributed by atoms with E-state index in [4.69, 9.17) is 10.5 Å². The van der Waals surface area contributed by atoms with Crippen molar-refractivity contribution in [3.63, 3.8) is 0 Å². The van der Waals surface area contributed by atoms with E-state index in [1.807, 2.05) is 24.3 Å². The molecule has 1 aliphatic rings. The van der Waals surface area contributed by atoms with Gasteiger partial charge in [-0.2, -0.15) is 0 Å². The number of nitrogens with zero attached hydrogens (tertiary/aromatic N) is 2. The van der Waals surface area contributed by atoms with Gasteiger partial charge in [-0.25, -0.2) is 0 Å². The molecule has 2 rings (SSSR count). The Balaban J connectivity index is 1.73. The normalized spacial score (nSPS) is 18.9. The van der Waals surface area contributed by atoms with E-state index in [0.717, 1.165) is 24.5 Å². The third kappa shape index (κ3) is 4.78. The van der Waals surface area contributed by atoms with Crippen LogP contribution in [-0.2, 0) is 6.54 Å². The van der Waals surface area contributed by atoms with Crippen LogP contribution in [0.5, 0.6) is 5.75 Å². The molecular formula is C16H27N3O. The Morgan fingerprint density at radius 2 is 2.00 bits per heavy atom. The highest BCUT2D eigenvalue weighted by Crippen LogP contribution is 2.14. The average molecular weight is 277 g/mol. The maximum Gasteiger partial charge on any atom is 0.119 e. The number of nitrogens with two attached hydrogens (primary N) is 1. The summed E-state index contributed by atoms with van der Waals surface area (Å²) in [6.45, 7) is 9.38. The highest BCUT2D eigenvalue weighted by molar-refractivity contribution is 5.28. The molecule has 0 saturated carbocycles. The second-order valence-electron chi connectivity index (χ2n) is 5.87. The molecule has 4 heteroatoms. The number of benzene rings is 1. The van der Waals surface area contributed by atoms with Crippen molar-refractivity contribution in [2.45, 2.75) is 13.5 Å². The summed E-state index contributed by atoms with van der Waals surface area (Å²) in [6, 6.07) is 8.06. The lowest BCUT2D eigenvalue weighted by atomic mass is 10.1. The molecule has 0 spiro atoms. The largest absolute Gasteiger partial charge is 0.493 e. The Kier molecular flexibility index (Phi) is 5.83. The average Bonchev–Trinajstić information content (AvgIpc) is 2.48. The summed E-state index contributed by atoms with van der Waals surface area (Å²) in [5, 5.41) is 0. The van der Waals surface area contributed by atoms with Gasteiger partial charge in [-0.15, -0.1) is 0 Å². The number of ether oxygens (including phenoxy) is 1. The van der Waals surface area contributed by atoms with Gasteiger partial charge < -0.3 is 20.3 Å². The van der Waals surface area contributed by atoms with Gasteiger partial charge in [-0.1, -0.05) is 19.1 Å². The summed E-state index contributed by atoms with van der Waals surface area (Å²) in [4.78, 5) is 4.92. The summed E-state index contributed by atoms with van der Waals surface area (Å²) in [5.74, 6) is 1.47. The second kappa shape index (κ2) is 7.62. The molecule has 2 N–H and O–H groups in total. The lowest BCUT2D eigenvalue weighted by Crippen LogP contribution is -2.46. The van der Waals surface area contributed by atoms with Crippen molar-refractivity contribution >= 4 is 0 Å². The Hall–Kier alpha value is -1.10. The van der Waals surface area contributed by atoms with Gasteiger partial charge in [0.15, 0.2) is 0 Å². The summed E-state index contributed by atoms with van der Waals surface area (Å²) in [7, 11) is 2.19. The number of hydrogen-bond donors (Lipinski definition) is 1. The third-order valence-electron chi connectivity index (χ3n) is 3.83. The van der Waals surface area contributed by atoms with Crippen LogP contribution in [0.2, 0.25) is 0 Å². The maximum atomic E-state index is 5.88. The van der Waals surface area contributed by atoms with Crippen LogP contribution in [-0.4, -0.2) is 56.2 Å². The Morgan fingerprint density at radius 1 is 1.25 bits per heavy atom. The molecule has 0 amide bonds. The number of hydrogen-bond acceptors (Lipinski definition) is 4. The minimum atomic E-state index is 0.542. The molecule has 0 aliphatic carbocycles. The van der Waals surface area contributed by atoms with Crippen molar-refractivity contribution in [3.05, 3.63) is 29.8 Å². The highest BCUT2D eigenvalue weighted by Gasteiger charge is 2.16. The molecule has 0 aromatic heterocycles. The third-order valence-corrected chi connectivity index (χ3v) is 3.83. The van der Waals surface area contributed by atoms with E-state index in [1.165, 1.54) is 26.2 Å². The van der Waals surface area contributed by atoms with E-state index < -0.39 is 0 Å². The first-order valence-electron chi connectivity index (χ1n) is 7.50. The predicted molar refractivity (Wildman–Crippen MR) is 82.9 cm³/mol.